The molecule has 0 atom stereocenters. The fourth-order valence-corrected chi connectivity index (χ4v) is 2.04. The highest BCUT2D eigenvalue weighted by Gasteiger charge is 2.21. The van der Waals surface area contributed by atoms with Gasteiger partial charge in [0.25, 0.3) is 12.3 Å². The van der Waals surface area contributed by atoms with Crippen LogP contribution in [0.1, 0.15) is 16.1 Å². The molecule has 1 heterocycles. The fraction of sp³-hybridized carbons (Fsp3) is 0.250. The van der Waals surface area contributed by atoms with Gasteiger partial charge in [-0.2, -0.15) is 0 Å². The third kappa shape index (κ3) is 3.78. The summed E-state index contributed by atoms with van der Waals surface area (Å²) in [5.41, 5.74) is 0.890. The van der Waals surface area contributed by atoms with E-state index in [9.17, 15) is 13.6 Å². The quantitative estimate of drug-likeness (QED) is 0.846. The molecule has 0 aliphatic heterocycles. The Bertz CT molecular complexity index is 519. The molecule has 0 unspecified atom stereocenters. The standard InChI is InChI=1S/C12H11F2N3OS/c13-11(14)7-17(6-9-4-2-1-3-5-9)12(18)10-8-19-16-15-10/h1-5,8,11H,6-7H2. The molecule has 0 spiro atoms. The maximum atomic E-state index is 12.6. The Morgan fingerprint density at radius 3 is 2.63 bits per heavy atom. The molecule has 100 valence electrons. The van der Waals surface area contributed by atoms with Gasteiger partial charge in [-0.05, 0) is 17.1 Å². The lowest BCUT2D eigenvalue weighted by Gasteiger charge is -2.21. The molecule has 0 saturated heterocycles. The van der Waals surface area contributed by atoms with Crippen LogP contribution in [-0.4, -0.2) is 33.4 Å². The second-order valence-electron chi connectivity index (χ2n) is 3.85. The zero-order valence-corrected chi connectivity index (χ0v) is 10.7. The number of benzene rings is 1. The molecule has 0 aliphatic rings. The van der Waals surface area contributed by atoms with Crippen LogP contribution >= 0.6 is 11.5 Å². The third-order valence-corrected chi connectivity index (χ3v) is 2.95. The lowest BCUT2D eigenvalue weighted by molar-refractivity contribution is 0.0530. The normalized spacial score (nSPS) is 10.7. The van der Waals surface area contributed by atoms with Gasteiger partial charge in [0.15, 0.2) is 5.69 Å². The SMILES string of the molecule is O=C(c1csnn1)N(Cc1ccccc1)CC(F)F. The Labute approximate surface area is 112 Å². The van der Waals surface area contributed by atoms with Gasteiger partial charge in [0.2, 0.25) is 0 Å². The van der Waals surface area contributed by atoms with Crippen molar-refractivity contribution in [2.24, 2.45) is 0 Å². The summed E-state index contributed by atoms with van der Waals surface area (Å²) in [5, 5.41) is 5.07. The van der Waals surface area contributed by atoms with E-state index in [0.29, 0.717) is 0 Å². The summed E-state index contributed by atoms with van der Waals surface area (Å²) >= 11 is 1.01. The highest BCUT2D eigenvalue weighted by atomic mass is 32.1. The highest BCUT2D eigenvalue weighted by molar-refractivity contribution is 7.03. The van der Waals surface area contributed by atoms with Crippen molar-refractivity contribution >= 4 is 17.4 Å². The van der Waals surface area contributed by atoms with Crippen LogP contribution in [0.2, 0.25) is 0 Å². The number of aromatic nitrogens is 2. The Kier molecular flexibility index (Phi) is 4.51. The lowest BCUT2D eigenvalue weighted by Crippen LogP contribution is -2.34. The second-order valence-corrected chi connectivity index (χ2v) is 4.46. The summed E-state index contributed by atoms with van der Waals surface area (Å²) in [7, 11) is 0. The predicted octanol–water partition coefficient (Wildman–Crippen LogP) is 2.45. The molecule has 0 saturated carbocycles. The molecule has 1 aromatic carbocycles. The summed E-state index contributed by atoms with van der Waals surface area (Å²) in [5.74, 6) is -0.530. The highest BCUT2D eigenvalue weighted by Crippen LogP contribution is 2.11. The van der Waals surface area contributed by atoms with Gasteiger partial charge in [-0.15, -0.1) is 5.10 Å². The number of alkyl halides is 2. The smallest absolute Gasteiger partial charge is 0.275 e. The maximum absolute atomic E-state index is 12.6. The van der Waals surface area contributed by atoms with Crippen molar-refractivity contribution in [1.82, 2.24) is 14.5 Å². The molecular weight excluding hydrogens is 272 g/mol. The first-order valence-electron chi connectivity index (χ1n) is 5.55. The van der Waals surface area contributed by atoms with Crippen LogP contribution in [-0.2, 0) is 6.54 Å². The Balaban J connectivity index is 2.14. The molecule has 7 heteroatoms. The number of halogens is 2. The maximum Gasteiger partial charge on any atom is 0.275 e. The number of amides is 1. The minimum Gasteiger partial charge on any atom is -0.327 e. The molecule has 2 aromatic rings. The van der Waals surface area contributed by atoms with Gasteiger partial charge in [-0.3, -0.25) is 4.79 Å². The number of hydrogen-bond donors (Lipinski definition) is 0. The first-order valence-corrected chi connectivity index (χ1v) is 6.39. The molecule has 0 aliphatic carbocycles. The lowest BCUT2D eigenvalue weighted by atomic mass is 10.2. The van der Waals surface area contributed by atoms with E-state index in [1.54, 1.807) is 24.3 Å². The van der Waals surface area contributed by atoms with Crippen LogP contribution < -0.4 is 0 Å². The van der Waals surface area contributed by atoms with Crippen molar-refractivity contribution in [3.8, 4) is 0 Å². The van der Waals surface area contributed by atoms with Crippen molar-refractivity contribution in [2.45, 2.75) is 13.0 Å². The van der Waals surface area contributed by atoms with Gasteiger partial charge in [-0.1, -0.05) is 34.8 Å². The topological polar surface area (TPSA) is 46.1 Å². The van der Waals surface area contributed by atoms with E-state index in [1.807, 2.05) is 6.07 Å². The molecule has 0 bridgehead atoms. The minimum absolute atomic E-state index is 0.0987. The van der Waals surface area contributed by atoms with Crippen LogP contribution in [0.5, 0.6) is 0 Å². The number of nitrogens with zero attached hydrogens (tertiary/aromatic N) is 3. The average molecular weight is 283 g/mol. The van der Waals surface area contributed by atoms with Crippen molar-refractivity contribution in [2.75, 3.05) is 6.54 Å². The molecule has 0 N–H and O–H groups in total. The van der Waals surface area contributed by atoms with Crippen LogP contribution in [0.25, 0.3) is 0 Å². The van der Waals surface area contributed by atoms with E-state index < -0.39 is 18.9 Å². The molecule has 1 aromatic heterocycles. The first kappa shape index (κ1) is 13.5. The van der Waals surface area contributed by atoms with Gasteiger partial charge in [0, 0.05) is 11.9 Å². The van der Waals surface area contributed by atoms with Crippen LogP contribution in [0.15, 0.2) is 35.7 Å². The van der Waals surface area contributed by atoms with Crippen molar-refractivity contribution in [1.29, 1.82) is 0 Å². The monoisotopic (exact) mass is 283 g/mol. The van der Waals surface area contributed by atoms with E-state index in [4.69, 9.17) is 0 Å². The number of carbonyl (C=O) groups is 1. The van der Waals surface area contributed by atoms with Gasteiger partial charge >= 0.3 is 0 Å². The molecule has 1 amide bonds. The van der Waals surface area contributed by atoms with Gasteiger partial charge in [0.1, 0.15) is 0 Å². The Morgan fingerprint density at radius 1 is 1.32 bits per heavy atom. The Hall–Kier alpha value is -1.89. The van der Waals surface area contributed by atoms with Crippen molar-refractivity contribution < 1.29 is 13.6 Å². The van der Waals surface area contributed by atoms with Gasteiger partial charge in [-0.25, -0.2) is 8.78 Å². The summed E-state index contributed by atoms with van der Waals surface area (Å²) in [6, 6.07) is 8.98. The summed E-state index contributed by atoms with van der Waals surface area (Å²) < 4.78 is 28.7. The molecule has 2 rings (SSSR count). The first-order chi connectivity index (χ1) is 9.16. The van der Waals surface area contributed by atoms with Gasteiger partial charge < -0.3 is 4.90 Å². The number of hydrogen-bond acceptors (Lipinski definition) is 4. The van der Waals surface area contributed by atoms with Crippen LogP contribution in [0.3, 0.4) is 0 Å². The molecule has 0 radical (unpaired) electrons. The average Bonchev–Trinajstić information content (AvgIpc) is 2.91. The van der Waals surface area contributed by atoms with Crippen molar-refractivity contribution in [3.63, 3.8) is 0 Å². The van der Waals surface area contributed by atoms with E-state index in [1.165, 1.54) is 5.38 Å². The van der Waals surface area contributed by atoms with E-state index in [-0.39, 0.29) is 12.2 Å². The minimum atomic E-state index is -2.58. The predicted molar refractivity (Wildman–Crippen MR) is 67.1 cm³/mol. The Morgan fingerprint density at radius 2 is 2.05 bits per heavy atom. The van der Waals surface area contributed by atoms with Gasteiger partial charge in [0.05, 0.1) is 6.54 Å². The summed E-state index contributed by atoms with van der Waals surface area (Å²) in [6.07, 6.45) is -2.58. The third-order valence-electron chi connectivity index (χ3n) is 2.44. The molecule has 0 fully saturated rings. The van der Waals surface area contributed by atoms with Crippen LogP contribution in [0, 0.1) is 0 Å². The zero-order chi connectivity index (χ0) is 13.7. The van der Waals surface area contributed by atoms with Crippen LogP contribution in [0.4, 0.5) is 8.78 Å². The molecule has 19 heavy (non-hydrogen) atoms. The van der Waals surface area contributed by atoms with E-state index in [0.717, 1.165) is 22.0 Å². The largest absolute Gasteiger partial charge is 0.327 e. The fourth-order valence-electron chi connectivity index (χ4n) is 1.61. The molecular formula is C12H11F2N3OS. The van der Waals surface area contributed by atoms with E-state index >= 15 is 0 Å². The number of rotatable bonds is 5. The second kappa shape index (κ2) is 6.33. The molecule has 4 nitrogen and oxygen atoms in total. The summed E-state index contributed by atoms with van der Waals surface area (Å²) in [4.78, 5) is 13.1. The van der Waals surface area contributed by atoms with Crippen molar-refractivity contribution in [3.05, 3.63) is 47.0 Å². The number of carbonyl (C=O) groups excluding carboxylic acids is 1. The summed E-state index contributed by atoms with van der Waals surface area (Å²) in [6.45, 7) is -0.493. The zero-order valence-electron chi connectivity index (χ0n) is 9.87. The van der Waals surface area contributed by atoms with E-state index in [2.05, 4.69) is 9.59 Å².